The highest BCUT2D eigenvalue weighted by atomic mass is 35.5. The van der Waals surface area contributed by atoms with Crippen LogP contribution in [0, 0.1) is 11.7 Å². The van der Waals surface area contributed by atoms with Crippen LogP contribution in [0.25, 0.3) is 0 Å². The van der Waals surface area contributed by atoms with Crippen LogP contribution in [-0.2, 0) is 11.3 Å². The molecule has 1 saturated heterocycles. The van der Waals surface area contributed by atoms with Gasteiger partial charge in [0.05, 0.1) is 13.5 Å². The summed E-state index contributed by atoms with van der Waals surface area (Å²) in [7, 11) is 1.41. The average molecular weight is 331 g/mol. The second-order valence-electron chi connectivity index (χ2n) is 5.45. The molecule has 2 rings (SSSR count). The minimum atomic E-state index is -0.820. The summed E-state index contributed by atoms with van der Waals surface area (Å²) in [6, 6.07) is 3.11. The third-order valence-electron chi connectivity index (χ3n) is 3.77. The Morgan fingerprint density at radius 1 is 1.59 bits per heavy atom. The Morgan fingerprint density at radius 2 is 2.36 bits per heavy atom. The van der Waals surface area contributed by atoms with Crippen molar-refractivity contribution in [3.63, 3.8) is 0 Å². The molecule has 1 unspecified atom stereocenters. The predicted octanol–water partition coefficient (Wildman–Crippen LogP) is 1.98. The van der Waals surface area contributed by atoms with Crippen molar-refractivity contribution in [3.05, 3.63) is 28.5 Å². The lowest BCUT2D eigenvalue weighted by atomic mass is 10.1. The molecule has 1 heterocycles. The Bertz CT molecular complexity index is 542. The van der Waals surface area contributed by atoms with E-state index in [-0.39, 0.29) is 18.1 Å². The zero-order valence-electron chi connectivity index (χ0n) is 12.4. The molecule has 0 bridgehead atoms. The molecule has 22 heavy (non-hydrogen) atoms. The number of ether oxygens (including phenoxy) is 1. The number of nitrogens with one attached hydrogen (secondary N) is 1. The summed E-state index contributed by atoms with van der Waals surface area (Å²) in [4.78, 5) is 12.9. The van der Waals surface area contributed by atoms with E-state index in [1.807, 2.05) is 4.90 Å². The summed E-state index contributed by atoms with van der Waals surface area (Å²) in [5, 5.41) is 12.5. The molecule has 1 aliphatic rings. The fraction of sp³-hybridized carbons (Fsp3) is 0.533. The van der Waals surface area contributed by atoms with E-state index < -0.39 is 11.8 Å². The van der Waals surface area contributed by atoms with Gasteiger partial charge in [-0.05, 0) is 24.6 Å². The second-order valence-corrected chi connectivity index (χ2v) is 5.85. The molecule has 0 aromatic heterocycles. The van der Waals surface area contributed by atoms with Crippen molar-refractivity contribution in [1.29, 1.82) is 0 Å². The quantitative estimate of drug-likeness (QED) is 0.864. The number of rotatable bonds is 5. The lowest BCUT2D eigenvalue weighted by Crippen LogP contribution is -2.31. The van der Waals surface area contributed by atoms with E-state index in [2.05, 4.69) is 5.32 Å². The van der Waals surface area contributed by atoms with Crippen LogP contribution in [-0.4, -0.2) is 49.3 Å². The minimum absolute atomic E-state index is 0.00700. The van der Waals surface area contributed by atoms with E-state index >= 15 is 0 Å². The molecule has 0 aliphatic carbocycles. The maximum absolute atomic E-state index is 14.4. The predicted molar refractivity (Wildman–Crippen MR) is 81.9 cm³/mol. The first kappa shape index (κ1) is 17.0. The van der Waals surface area contributed by atoms with Gasteiger partial charge in [-0.3, -0.25) is 9.69 Å². The van der Waals surface area contributed by atoms with Gasteiger partial charge in [-0.15, -0.1) is 0 Å². The summed E-state index contributed by atoms with van der Waals surface area (Å²) in [5.74, 6) is -1.12. The summed E-state index contributed by atoms with van der Waals surface area (Å²) in [5.41, 5.74) is 0.386. The van der Waals surface area contributed by atoms with E-state index in [4.69, 9.17) is 21.4 Å². The number of carboxylic acid groups (broad SMARTS) is 1. The van der Waals surface area contributed by atoms with Gasteiger partial charge in [-0.25, -0.2) is 4.39 Å². The summed E-state index contributed by atoms with van der Waals surface area (Å²) >= 11 is 6.11. The zero-order valence-corrected chi connectivity index (χ0v) is 13.2. The van der Waals surface area contributed by atoms with Crippen molar-refractivity contribution in [2.45, 2.75) is 13.0 Å². The SMILES string of the molecule is COc1ccc(Cl)c(CN2CCNCC(CC(=O)O)C2)c1F. The van der Waals surface area contributed by atoms with Crippen LogP contribution in [0.3, 0.4) is 0 Å². The first-order chi connectivity index (χ1) is 10.5. The number of aliphatic carboxylic acids is 1. The average Bonchev–Trinajstić information content (AvgIpc) is 2.68. The highest BCUT2D eigenvalue weighted by Crippen LogP contribution is 2.28. The minimum Gasteiger partial charge on any atom is -0.494 e. The van der Waals surface area contributed by atoms with Crippen LogP contribution in [0.5, 0.6) is 5.75 Å². The summed E-state index contributed by atoms with van der Waals surface area (Å²) in [6.07, 6.45) is 0.0951. The topological polar surface area (TPSA) is 61.8 Å². The fourth-order valence-electron chi connectivity index (χ4n) is 2.69. The number of benzene rings is 1. The number of carbonyl (C=O) groups is 1. The van der Waals surface area contributed by atoms with Gasteiger partial charge < -0.3 is 15.2 Å². The maximum Gasteiger partial charge on any atom is 0.303 e. The largest absolute Gasteiger partial charge is 0.494 e. The van der Waals surface area contributed by atoms with Crippen molar-refractivity contribution in [2.75, 3.05) is 33.3 Å². The molecule has 2 N–H and O–H groups in total. The van der Waals surface area contributed by atoms with Gasteiger partial charge in [0.1, 0.15) is 0 Å². The molecule has 5 nitrogen and oxygen atoms in total. The molecule has 1 atom stereocenters. The number of carboxylic acids is 1. The fourth-order valence-corrected chi connectivity index (χ4v) is 2.90. The van der Waals surface area contributed by atoms with Crippen LogP contribution in [0.4, 0.5) is 4.39 Å². The van der Waals surface area contributed by atoms with E-state index in [9.17, 15) is 9.18 Å². The first-order valence-electron chi connectivity index (χ1n) is 7.17. The monoisotopic (exact) mass is 330 g/mol. The van der Waals surface area contributed by atoms with Crippen LogP contribution in [0.15, 0.2) is 12.1 Å². The van der Waals surface area contributed by atoms with Gasteiger partial charge in [-0.1, -0.05) is 11.6 Å². The third kappa shape index (κ3) is 4.32. The summed E-state index contributed by atoms with van der Waals surface area (Å²) < 4.78 is 19.3. The molecule has 0 spiro atoms. The molecule has 0 saturated carbocycles. The molecule has 7 heteroatoms. The Hall–Kier alpha value is -1.37. The van der Waals surface area contributed by atoms with Crippen molar-refractivity contribution in [1.82, 2.24) is 10.2 Å². The number of methoxy groups -OCH3 is 1. The normalized spacial score (nSPS) is 19.7. The molecular weight excluding hydrogens is 311 g/mol. The van der Waals surface area contributed by atoms with Crippen molar-refractivity contribution in [2.24, 2.45) is 5.92 Å². The second kappa shape index (κ2) is 7.76. The smallest absolute Gasteiger partial charge is 0.303 e. The van der Waals surface area contributed by atoms with Gasteiger partial charge in [-0.2, -0.15) is 0 Å². The highest BCUT2D eigenvalue weighted by molar-refractivity contribution is 6.31. The van der Waals surface area contributed by atoms with Gasteiger partial charge >= 0.3 is 5.97 Å². The Labute approximate surface area is 134 Å². The van der Waals surface area contributed by atoms with Crippen LogP contribution in [0.1, 0.15) is 12.0 Å². The van der Waals surface area contributed by atoms with E-state index in [0.29, 0.717) is 36.8 Å². The first-order valence-corrected chi connectivity index (χ1v) is 7.54. The molecule has 0 amide bonds. The Kier molecular flexibility index (Phi) is 5.99. The Morgan fingerprint density at radius 3 is 3.05 bits per heavy atom. The van der Waals surface area contributed by atoms with Gasteiger partial charge in [0, 0.05) is 36.8 Å². The number of nitrogens with zero attached hydrogens (tertiary/aromatic N) is 1. The van der Waals surface area contributed by atoms with Crippen molar-refractivity contribution < 1.29 is 19.0 Å². The molecule has 0 radical (unpaired) electrons. The number of halogens is 2. The van der Waals surface area contributed by atoms with E-state index in [0.717, 1.165) is 6.54 Å². The lowest BCUT2D eigenvalue weighted by molar-refractivity contribution is -0.138. The zero-order chi connectivity index (χ0) is 16.1. The van der Waals surface area contributed by atoms with Gasteiger partial charge in [0.25, 0.3) is 0 Å². The van der Waals surface area contributed by atoms with Crippen LogP contribution in [0.2, 0.25) is 5.02 Å². The van der Waals surface area contributed by atoms with Crippen LogP contribution >= 0.6 is 11.6 Å². The van der Waals surface area contributed by atoms with Crippen molar-refractivity contribution in [3.8, 4) is 5.75 Å². The molecule has 1 aromatic rings. The standard InChI is InChI=1S/C15H20ClFN2O3/c1-22-13-3-2-12(16)11(15(13)17)9-19-5-4-18-7-10(8-19)6-14(20)21/h2-3,10,18H,4-9H2,1H3,(H,20,21). The molecular formula is C15H20ClFN2O3. The third-order valence-corrected chi connectivity index (χ3v) is 4.12. The van der Waals surface area contributed by atoms with E-state index in [1.54, 1.807) is 6.07 Å². The molecule has 1 aromatic carbocycles. The number of hydrogen-bond donors (Lipinski definition) is 2. The molecule has 122 valence electrons. The highest BCUT2D eigenvalue weighted by Gasteiger charge is 2.23. The van der Waals surface area contributed by atoms with Crippen LogP contribution < -0.4 is 10.1 Å². The summed E-state index contributed by atoms with van der Waals surface area (Å²) in [6.45, 7) is 3.02. The molecule has 1 fully saturated rings. The molecule has 1 aliphatic heterocycles. The number of hydrogen-bond acceptors (Lipinski definition) is 4. The Balaban J connectivity index is 2.13. The van der Waals surface area contributed by atoms with Gasteiger partial charge in [0.2, 0.25) is 0 Å². The van der Waals surface area contributed by atoms with E-state index in [1.165, 1.54) is 13.2 Å². The van der Waals surface area contributed by atoms with Gasteiger partial charge in [0.15, 0.2) is 11.6 Å². The van der Waals surface area contributed by atoms with Crippen molar-refractivity contribution >= 4 is 17.6 Å². The lowest BCUT2D eigenvalue weighted by Gasteiger charge is -2.24. The maximum atomic E-state index is 14.4.